The van der Waals surface area contributed by atoms with Crippen LogP contribution in [0.2, 0.25) is 0 Å². The maximum Gasteiger partial charge on any atom is 0.253 e. The SMILES string of the molecule is CN=C(NCCc1cccc(C(=O)N(C)C)c1)NCc1cnn(C)c1. The van der Waals surface area contributed by atoms with Gasteiger partial charge in [0.2, 0.25) is 0 Å². The molecule has 0 saturated carbocycles. The molecule has 2 N–H and O–H groups in total. The van der Waals surface area contributed by atoms with Crippen molar-refractivity contribution in [2.45, 2.75) is 13.0 Å². The van der Waals surface area contributed by atoms with Crippen molar-refractivity contribution in [1.82, 2.24) is 25.3 Å². The van der Waals surface area contributed by atoms with E-state index >= 15 is 0 Å². The third-order valence-corrected chi connectivity index (χ3v) is 3.73. The lowest BCUT2D eigenvalue weighted by Gasteiger charge is -2.13. The zero-order valence-corrected chi connectivity index (χ0v) is 15.3. The molecule has 7 heteroatoms. The number of nitrogens with zero attached hydrogens (tertiary/aromatic N) is 4. The van der Waals surface area contributed by atoms with Gasteiger partial charge in [-0.15, -0.1) is 0 Å². The largest absolute Gasteiger partial charge is 0.356 e. The summed E-state index contributed by atoms with van der Waals surface area (Å²) in [7, 11) is 7.16. The fourth-order valence-corrected chi connectivity index (χ4v) is 2.41. The third kappa shape index (κ3) is 5.63. The summed E-state index contributed by atoms with van der Waals surface area (Å²) < 4.78 is 1.77. The first-order chi connectivity index (χ1) is 12.0. The molecule has 1 aromatic heterocycles. The smallest absolute Gasteiger partial charge is 0.253 e. The lowest BCUT2D eigenvalue weighted by atomic mass is 10.1. The molecule has 0 atom stereocenters. The minimum Gasteiger partial charge on any atom is -0.356 e. The van der Waals surface area contributed by atoms with Gasteiger partial charge in [-0.05, 0) is 24.1 Å². The molecule has 1 amide bonds. The second kappa shape index (κ2) is 8.86. The molecule has 0 unspecified atom stereocenters. The Kier molecular flexibility index (Phi) is 6.56. The lowest BCUT2D eigenvalue weighted by Crippen LogP contribution is -2.37. The molecule has 1 aromatic carbocycles. The summed E-state index contributed by atoms with van der Waals surface area (Å²) in [6, 6.07) is 7.73. The molecule has 2 aromatic rings. The van der Waals surface area contributed by atoms with Crippen LogP contribution in [0.15, 0.2) is 41.7 Å². The molecule has 0 aliphatic heterocycles. The summed E-state index contributed by atoms with van der Waals surface area (Å²) in [6.45, 7) is 1.40. The van der Waals surface area contributed by atoms with E-state index in [-0.39, 0.29) is 5.91 Å². The van der Waals surface area contributed by atoms with E-state index in [1.165, 1.54) is 0 Å². The van der Waals surface area contributed by atoms with Gasteiger partial charge in [0.15, 0.2) is 5.96 Å². The zero-order chi connectivity index (χ0) is 18.2. The van der Waals surface area contributed by atoms with Gasteiger partial charge in [0.1, 0.15) is 0 Å². The first-order valence-electron chi connectivity index (χ1n) is 8.22. The quantitative estimate of drug-likeness (QED) is 0.607. The second-order valence-electron chi connectivity index (χ2n) is 6.02. The highest BCUT2D eigenvalue weighted by atomic mass is 16.2. The van der Waals surface area contributed by atoms with Crippen molar-refractivity contribution in [3.63, 3.8) is 0 Å². The van der Waals surface area contributed by atoms with Crippen LogP contribution in [0.1, 0.15) is 21.5 Å². The Bertz CT molecular complexity index is 735. The van der Waals surface area contributed by atoms with Crippen LogP contribution < -0.4 is 10.6 Å². The summed E-state index contributed by atoms with van der Waals surface area (Å²) in [5.41, 5.74) is 2.92. The van der Waals surface area contributed by atoms with Gasteiger partial charge in [0, 0.05) is 58.6 Å². The van der Waals surface area contributed by atoms with Gasteiger partial charge < -0.3 is 15.5 Å². The van der Waals surface area contributed by atoms with Gasteiger partial charge in [0.25, 0.3) is 5.91 Å². The minimum atomic E-state index is 0.0174. The van der Waals surface area contributed by atoms with Crippen molar-refractivity contribution in [1.29, 1.82) is 0 Å². The van der Waals surface area contributed by atoms with E-state index in [1.807, 2.05) is 43.7 Å². The highest BCUT2D eigenvalue weighted by Gasteiger charge is 2.08. The number of aromatic nitrogens is 2. The van der Waals surface area contributed by atoms with Gasteiger partial charge >= 0.3 is 0 Å². The van der Waals surface area contributed by atoms with E-state index in [0.29, 0.717) is 12.1 Å². The number of aryl methyl sites for hydroxylation is 1. The monoisotopic (exact) mass is 342 g/mol. The number of aliphatic imine (C=N–C) groups is 1. The molecule has 2 rings (SSSR count). The highest BCUT2D eigenvalue weighted by molar-refractivity contribution is 5.94. The van der Waals surface area contributed by atoms with E-state index in [0.717, 1.165) is 30.1 Å². The number of amides is 1. The van der Waals surface area contributed by atoms with Crippen molar-refractivity contribution in [2.24, 2.45) is 12.0 Å². The number of hydrogen-bond donors (Lipinski definition) is 2. The molecular formula is C18H26N6O. The normalized spacial score (nSPS) is 11.3. The molecular weight excluding hydrogens is 316 g/mol. The van der Waals surface area contributed by atoms with Gasteiger partial charge in [0.05, 0.1) is 6.20 Å². The molecule has 25 heavy (non-hydrogen) atoms. The summed E-state index contributed by atoms with van der Waals surface area (Å²) in [6.07, 6.45) is 4.60. The first kappa shape index (κ1) is 18.5. The van der Waals surface area contributed by atoms with E-state index in [1.54, 1.807) is 30.7 Å². The molecule has 0 radical (unpaired) electrons. The Morgan fingerprint density at radius 2 is 2.08 bits per heavy atom. The fourth-order valence-electron chi connectivity index (χ4n) is 2.41. The second-order valence-corrected chi connectivity index (χ2v) is 6.02. The molecule has 0 aliphatic carbocycles. The predicted octanol–water partition coefficient (Wildman–Crippen LogP) is 1.03. The van der Waals surface area contributed by atoms with Crippen LogP contribution in [-0.4, -0.2) is 54.2 Å². The summed E-state index contributed by atoms with van der Waals surface area (Å²) >= 11 is 0. The maximum absolute atomic E-state index is 12.0. The van der Waals surface area contributed by atoms with Crippen LogP contribution in [0.25, 0.3) is 0 Å². The van der Waals surface area contributed by atoms with Crippen LogP contribution >= 0.6 is 0 Å². The minimum absolute atomic E-state index is 0.0174. The Balaban J connectivity index is 1.82. The number of benzene rings is 1. The molecule has 0 bridgehead atoms. The molecule has 7 nitrogen and oxygen atoms in total. The van der Waals surface area contributed by atoms with Crippen molar-refractivity contribution in [2.75, 3.05) is 27.7 Å². The summed E-state index contributed by atoms with van der Waals surface area (Å²) in [5.74, 6) is 0.758. The van der Waals surface area contributed by atoms with E-state index in [9.17, 15) is 4.79 Å². The predicted molar refractivity (Wildman–Crippen MR) is 99.6 cm³/mol. The number of rotatable bonds is 6. The first-order valence-corrected chi connectivity index (χ1v) is 8.22. The average Bonchev–Trinajstić information content (AvgIpc) is 3.02. The summed E-state index contributed by atoms with van der Waals surface area (Å²) in [5, 5.41) is 10.7. The van der Waals surface area contributed by atoms with E-state index in [2.05, 4.69) is 20.7 Å². The Morgan fingerprint density at radius 3 is 2.72 bits per heavy atom. The van der Waals surface area contributed by atoms with Gasteiger partial charge in [-0.1, -0.05) is 12.1 Å². The van der Waals surface area contributed by atoms with Crippen LogP contribution in [-0.2, 0) is 20.0 Å². The molecule has 0 spiro atoms. The zero-order valence-electron chi connectivity index (χ0n) is 15.3. The topological polar surface area (TPSA) is 74.6 Å². The van der Waals surface area contributed by atoms with Crippen molar-refractivity contribution < 1.29 is 4.79 Å². The highest BCUT2D eigenvalue weighted by Crippen LogP contribution is 2.07. The Labute approximate surface area is 148 Å². The molecule has 0 fully saturated rings. The fraction of sp³-hybridized carbons (Fsp3) is 0.389. The standard InChI is InChI=1S/C18H26N6O/c1-19-18(21-11-15-12-22-24(4)13-15)20-9-8-14-6-5-7-16(10-14)17(25)23(2)3/h5-7,10,12-13H,8-9,11H2,1-4H3,(H2,19,20,21). The Morgan fingerprint density at radius 1 is 1.28 bits per heavy atom. The number of hydrogen-bond acceptors (Lipinski definition) is 3. The van der Waals surface area contributed by atoms with Gasteiger partial charge in [-0.3, -0.25) is 14.5 Å². The number of nitrogens with one attached hydrogen (secondary N) is 2. The van der Waals surface area contributed by atoms with Crippen molar-refractivity contribution >= 4 is 11.9 Å². The number of carbonyl (C=O) groups is 1. The van der Waals surface area contributed by atoms with Crippen LogP contribution in [0, 0.1) is 0 Å². The molecule has 134 valence electrons. The molecule has 0 saturated heterocycles. The van der Waals surface area contributed by atoms with E-state index in [4.69, 9.17) is 0 Å². The maximum atomic E-state index is 12.0. The molecule has 0 aliphatic rings. The summed E-state index contributed by atoms with van der Waals surface area (Å²) in [4.78, 5) is 17.8. The third-order valence-electron chi connectivity index (χ3n) is 3.73. The van der Waals surface area contributed by atoms with Crippen molar-refractivity contribution in [3.8, 4) is 0 Å². The van der Waals surface area contributed by atoms with Crippen LogP contribution in [0.5, 0.6) is 0 Å². The van der Waals surface area contributed by atoms with E-state index < -0.39 is 0 Å². The van der Waals surface area contributed by atoms with Gasteiger partial charge in [-0.2, -0.15) is 5.10 Å². The lowest BCUT2D eigenvalue weighted by molar-refractivity contribution is 0.0827. The number of guanidine groups is 1. The van der Waals surface area contributed by atoms with Gasteiger partial charge in [-0.25, -0.2) is 0 Å². The van der Waals surface area contributed by atoms with Crippen LogP contribution in [0.3, 0.4) is 0 Å². The average molecular weight is 342 g/mol. The molecule has 1 heterocycles. The Hall–Kier alpha value is -2.83. The van der Waals surface area contributed by atoms with Crippen molar-refractivity contribution in [3.05, 3.63) is 53.3 Å². The number of carbonyl (C=O) groups excluding carboxylic acids is 1. The van der Waals surface area contributed by atoms with Crippen LogP contribution in [0.4, 0.5) is 0 Å².